The van der Waals surface area contributed by atoms with Gasteiger partial charge in [-0.05, 0) is 111 Å². The third-order valence-electron chi connectivity index (χ3n) is 5.78. The van der Waals surface area contributed by atoms with E-state index in [1.807, 2.05) is 32.0 Å². The smallest absolute Gasteiger partial charge is 0.344 e. The van der Waals surface area contributed by atoms with E-state index in [9.17, 15) is 13.6 Å². The molecular weight excluding hydrogens is 422 g/mol. The second kappa shape index (κ2) is 10.6. The Bertz CT molecular complexity index is 1150. The van der Waals surface area contributed by atoms with Crippen LogP contribution in [0.2, 0.25) is 0 Å². The summed E-state index contributed by atoms with van der Waals surface area (Å²) in [6.45, 7) is 9.18. The van der Waals surface area contributed by atoms with Gasteiger partial charge in [0.25, 0.3) is 0 Å². The summed E-state index contributed by atoms with van der Waals surface area (Å²) in [5.74, 6) is -0.580. The van der Waals surface area contributed by atoms with Gasteiger partial charge in [-0.2, -0.15) is 0 Å². The van der Waals surface area contributed by atoms with Crippen LogP contribution in [0.1, 0.15) is 41.7 Å². The minimum atomic E-state index is -0.462. The van der Waals surface area contributed by atoms with E-state index in [1.165, 1.54) is 24.3 Å². The number of benzene rings is 3. The zero-order valence-electron chi connectivity index (χ0n) is 19.8. The van der Waals surface area contributed by atoms with Gasteiger partial charge in [-0.15, -0.1) is 0 Å². The van der Waals surface area contributed by atoms with E-state index < -0.39 is 5.97 Å². The van der Waals surface area contributed by atoms with E-state index in [0.29, 0.717) is 29.7 Å². The average molecular weight is 453 g/mol. The molecule has 3 aromatic carbocycles. The lowest BCUT2D eigenvalue weighted by Crippen LogP contribution is -2.19. The van der Waals surface area contributed by atoms with E-state index >= 15 is 0 Å². The van der Waals surface area contributed by atoms with Crippen molar-refractivity contribution >= 4 is 5.97 Å². The first-order chi connectivity index (χ1) is 15.7. The molecule has 0 aromatic heterocycles. The molecule has 0 unspecified atom stereocenters. The molecule has 0 aliphatic carbocycles. The Labute approximate surface area is 194 Å². The Hall–Kier alpha value is -3.21. The number of esters is 1. The molecule has 0 spiro atoms. The average Bonchev–Trinajstić information content (AvgIpc) is 2.75. The predicted molar refractivity (Wildman–Crippen MR) is 127 cm³/mol. The summed E-state index contributed by atoms with van der Waals surface area (Å²) in [6.07, 6.45) is 0.866. The maximum atomic E-state index is 14.7. The number of aryl methyl sites for hydroxylation is 2. The number of halogens is 2. The summed E-state index contributed by atoms with van der Waals surface area (Å²) in [7, 11) is 0. The standard InChI is InChI=1S/C28H30F2O3/c1-17(2)33-28(31)16-32-27-12-11-26(30)25(20(27)5)10-9-21-14-23(13-18(3)19(21)4)22-7-6-8-24(29)15-22/h6-8,11-15,17H,9-10,16H2,1-5H3. The largest absolute Gasteiger partial charge is 0.482 e. The molecule has 0 radical (unpaired) electrons. The fourth-order valence-corrected chi connectivity index (χ4v) is 3.89. The van der Waals surface area contributed by atoms with Crippen molar-refractivity contribution in [2.75, 3.05) is 6.61 Å². The second-order valence-electron chi connectivity index (χ2n) is 8.56. The Morgan fingerprint density at radius 2 is 1.67 bits per heavy atom. The number of rotatable bonds is 8. The van der Waals surface area contributed by atoms with Gasteiger partial charge in [-0.1, -0.05) is 24.3 Å². The lowest BCUT2D eigenvalue weighted by Gasteiger charge is -2.16. The minimum absolute atomic E-state index is 0.221. The molecule has 0 atom stereocenters. The molecule has 174 valence electrons. The van der Waals surface area contributed by atoms with Crippen LogP contribution in [0.25, 0.3) is 11.1 Å². The van der Waals surface area contributed by atoms with Crippen molar-refractivity contribution in [1.82, 2.24) is 0 Å². The Kier molecular flexibility index (Phi) is 7.85. The molecule has 0 bridgehead atoms. The summed E-state index contributed by atoms with van der Waals surface area (Å²) in [5, 5.41) is 0. The molecule has 0 N–H and O–H groups in total. The first-order valence-corrected chi connectivity index (χ1v) is 11.1. The van der Waals surface area contributed by atoms with Crippen molar-refractivity contribution in [2.24, 2.45) is 0 Å². The molecule has 0 aliphatic heterocycles. The van der Waals surface area contributed by atoms with Crippen LogP contribution in [-0.2, 0) is 22.4 Å². The van der Waals surface area contributed by atoms with Gasteiger partial charge in [-0.3, -0.25) is 0 Å². The number of carbonyl (C=O) groups is 1. The fourth-order valence-electron chi connectivity index (χ4n) is 3.89. The molecule has 0 saturated heterocycles. The lowest BCUT2D eigenvalue weighted by molar-refractivity contribution is -0.149. The Morgan fingerprint density at radius 3 is 2.36 bits per heavy atom. The summed E-state index contributed by atoms with van der Waals surface area (Å²) in [4.78, 5) is 11.8. The van der Waals surface area contributed by atoms with Crippen LogP contribution < -0.4 is 4.74 Å². The normalized spacial score (nSPS) is 11.0. The van der Waals surface area contributed by atoms with Crippen LogP contribution in [0, 0.1) is 32.4 Å². The van der Waals surface area contributed by atoms with Gasteiger partial charge >= 0.3 is 5.97 Å². The van der Waals surface area contributed by atoms with E-state index in [4.69, 9.17) is 9.47 Å². The molecule has 0 heterocycles. The van der Waals surface area contributed by atoms with Crippen LogP contribution in [0.15, 0.2) is 48.5 Å². The molecule has 33 heavy (non-hydrogen) atoms. The molecule has 5 heteroatoms. The Morgan fingerprint density at radius 1 is 0.909 bits per heavy atom. The molecule has 0 amide bonds. The van der Waals surface area contributed by atoms with Gasteiger partial charge in [0.05, 0.1) is 6.10 Å². The van der Waals surface area contributed by atoms with Crippen molar-refractivity contribution in [3.05, 3.63) is 88.0 Å². The molecule has 3 nitrogen and oxygen atoms in total. The van der Waals surface area contributed by atoms with E-state index in [0.717, 1.165) is 27.8 Å². The van der Waals surface area contributed by atoms with Gasteiger partial charge in [0.2, 0.25) is 0 Å². The highest BCUT2D eigenvalue weighted by atomic mass is 19.1. The molecule has 3 rings (SSSR count). The van der Waals surface area contributed by atoms with Gasteiger partial charge in [0.15, 0.2) is 6.61 Å². The van der Waals surface area contributed by atoms with Crippen molar-refractivity contribution in [1.29, 1.82) is 0 Å². The van der Waals surface area contributed by atoms with E-state index in [2.05, 4.69) is 0 Å². The second-order valence-corrected chi connectivity index (χ2v) is 8.56. The quantitative estimate of drug-likeness (QED) is 0.358. The molecule has 3 aromatic rings. The zero-order chi connectivity index (χ0) is 24.1. The monoisotopic (exact) mass is 452 g/mol. The fraction of sp³-hybridized carbons (Fsp3) is 0.321. The topological polar surface area (TPSA) is 35.5 Å². The third kappa shape index (κ3) is 6.19. The maximum absolute atomic E-state index is 14.7. The molecule has 0 aliphatic rings. The first-order valence-electron chi connectivity index (χ1n) is 11.1. The van der Waals surface area contributed by atoms with Crippen molar-refractivity contribution in [3.63, 3.8) is 0 Å². The highest BCUT2D eigenvalue weighted by Crippen LogP contribution is 2.29. The molecular formula is C28H30F2O3. The number of hydrogen-bond donors (Lipinski definition) is 0. The molecule has 0 saturated carbocycles. The van der Waals surface area contributed by atoms with E-state index in [1.54, 1.807) is 26.8 Å². The molecule has 0 fully saturated rings. The number of ether oxygens (including phenoxy) is 2. The van der Waals surface area contributed by atoms with Crippen LogP contribution in [0.5, 0.6) is 5.75 Å². The van der Waals surface area contributed by atoms with E-state index in [-0.39, 0.29) is 24.3 Å². The van der Waals surface area contributed by atoms with Crippen LogP contribution >= 0.6 is 0 Å². The van der Waals surface area contributed by atoms with Crippen LogP contribution in [0.3, 0.4) is 0 Å². The summed E-state index contributed by atoms with van der Waals surface area (Å²) >= 11 is 0. The van der Waals surface area contributed by atoms with Gasteiger partial charge in [-0.25, -0.2) is 13.6 Å². The zero-order valence-corrected chi connectivity index (χ0v) is 19.8. The maximum Gasteiger partial charge on any atom is 0.344 e. The summed E-state index contributed by atoms with van der Waals surface area (Å²) in [6, 6.07) is 13.5. The Balaban J connectivity index is 1.81. The minimum Gasteiger partial charge on any atom is -0.482 e. The van der Waals surface area contributed by atoms with Crippen molar-refractivity contribution < 1.29 is 23.0 Å². The lowest BCUT2D eigenvalue weighted by atomic mass is 9.91. The van der Waals surface area contributed by atoms with Crippen LogP contribution in [0.4, 0.5) is 8.78 Å². The van der Waals surface area contributed by atoms with Gasteiger partial charge < -0.3 is 9.47 Å². The van der Waals surface area contributed by atoms with Crippen molar-refractivity contribution in [2.45, 2.75) is 53.6 Å². The summed E-state index contributed by atoms with van der Waals surface area (Å²) in [5.41, 5.74) is 6.29. The van der Waals surface area contributed by atoms with Crippen LogP contribution in [-0.4, -0.2) is 18.7 Å². The predicted octanol–water partition coefficient (Wildman–Crippen LogP) is 6.67. The highest BCUT2D eigenvalue weighted by molar-refractivity contribution is 5.71. The first kappa shape index (κ1) is 24.4. The third-order valence-corrected chi connectivity index (χ3v) is 5.78. The van der Waals surface area contributed by atoms with Gasteiger partial charge in [0, 0.05) is 0 Å². The van der Waals surface area contributed by atoms with Crippen molar-refractivity contribution in [3.8, 4) is 16.9 Å². The SMILES string of the molecule is Cc1cc(-c2cccc(F)c2)cc(CCc2c(F)ccc(OCC(=O)OC(C)C)c2C)c1C. The summed E-state index contributed by atoms with van der Waals surface area (Å²) < 4.78 is 39.1. The van der Waals surface area contributed by atoms with Gasteiger partial charge in [0.1, 0.15) is 17.4 Å². The number of carbonyl (C=O) groups excluding carboxylic acids is 1. The highest BCUT2D eigenvalue weighted by Gasteiger charge is 2.15. The number of hydrogen-bond acceptors (Lipinski definition) is 3.